The summed E-state index contributed by atoms with van der Waals surface area (Å²) in [4.78, 5) is 27.3. The molecule has 0 aliphatic carbocycles. The zero-order valence-electron chi connectivity index (χ0n) is 17.2. The van der Waals surface area contributed by atoms with E-state index in [4.69, 9.17) is 0 Å². The molecule has 0 bridgehead atoms. The molecule has 6 nitrogen and oxygen atoms in total. The average Bonchev–Trinajstić information content (AvgIpc) is 3.18. The van der Waals surface area contributed by atoms with Crippen LogP contribution in [0.4, 0.5) is 16.2 Å². The van der Waals surface area contributed by atoms with E-state index in [0.717, 1.165) is 50.3 Å². The minimum absolute atomic E-state index is 0. The number of likely N-dealkylation sites (tertiary alicyclic amines) is 1. The van der Waals surface area contributed by atoms with Crippen molar-refractivity contribution < 1.29 is 9.59 Å². The van der Waals surface area contributed by atoms with Crippen LogP contribution >= 0.6 is 12.4 Å². The van der Waals surface area contributed by atoms with Crippen molar-refractivity contribution in [3.8, 4) is 0 Å². The molecular formula is C23H29ClN4O2. The van der Waals surface area contributed by atoms with Gasteiger partial charge < -0.3 is 20.9 Å². The van der Waals surface area contributed by atoms with Crippen LogP contribution in [-0.4, -0.2) is 43.0 Å². The molecule has 2 aliphatic rings. The molecule has 2 aromatic carbocycles. The number of amides is 3. The van der Waals surface area contributed by atoms with Crippen LogP contribution in [0.5, 0.6) is 0 Å². The first-order chi connectivity index (χ1) is 14.0. The smallest absolute Gasteiger partial charge is 0.323 e. The lowest BCUT2D eigenvalue weighted by Crippen LogP contribution is -2.44. The molecule has 4 rings (SSSR count). The Morgan fingerprint density at radius 1 is 1.00 bits per heavy atom. The van der Waals surface area contributed by atoms with E-state index in [1.165, 1.54) is 6.42 Å². The van der Waals surface area contributed by atoms with Gasteiger partial charge in [-0.05, 0) is 68.0 Å². The second kappa shape index (κ2) is 9.49. The summed E-state index contributed by atoms with van der Waals surface area (Å²) < 4.78 is 0. The molecule has 0 saturated carbocycles. The molecular weight excluding hydrogens is 400 g/mol. The van der Waals surface area contributed by atoms with Crippen molar-refractivity contribution in [2.24, 2.45) is 5.41 Å². The lowest BCUT2D eigenvalue weighted by Gasteiger charge is -2.39. The summed E-state index contributed by atoms with van der Waals surface area (Å²) in [5.74, 6) is 0.0392. The molecule has 7 heteroatoms. The Bertz CT molecular complexity index is 887. The van der Waals surface area contributed by atoms with Gasteiger partial charge in [-0.15, -0.1) is 12.4 Å². The Labute approximate surface area is 183 Å². The second-order valence-electron chi connectivity index (χ2n) is 8.19. The van der Waals surface area contributed by atoms with Gasteiger partial charge in [0.05, 0.1) is 0 Å². The van der Waals surface area contributed by atoms with Crippen LogP contribution < -0.4 is 16.0 Å². The zero-order valence-corrected chi connectivity index (χ0v) is 18.1. The first-order valence-corrected chi connectivity index (χ1v) is 10.3. The highest BCUT2D eigenvalue weighted by Crippen LogP contribution is 2.37. The summed E-state index contributed by atoms with van der Waals surface area (Å²) in [7, 11) is 0. The van der Waals surface area contributed by atoms with E-state index < -0.39 is 0 Å². The number of carbonyl (C=O) groups excluding carboxylic acids is 2. The third kappa shape index (κ3) is 4.94. The van der Waals surface area contributed by atoms with Crippen molar-refractivity contribution in [3.63, 3.8) is 0 Å². The van der Waals surface area contributed by atoms with E-state index in [9.17, 15) is 9.59 Å². The van der Waals surface area contributed by atoms with Crippen LogP contribution in [0.2, 0.25) is 0 Å². The first kappa shape index (κ1) is 22.1. The number of nitrogens with one attached hydrogen (secondary N) is 3. The highest BCUT2D eigenvalue weighted by molar-refractivity contribution is 6.02. The molecule has 2 aromatic rings. The molecule has 3 N–H and O–H groups in total. The second-order valence-corrected chi connectivity index (χ2v) is 8.19. The number of hydrogen-bond donors (Lipinski definition) is 3. The van der Waals surface area contributed by atoms with Gasteiger partial charge in [-0.1, -0.05) is 24.3 Å². The molecule has 30 heavy (non-hydrogen) atoms. The number of hydrogen-bond acceptors (Lipinski definition) is 3. The van der Waals surface area contributed by atoms with Crippen LogP contribution in [-0.2, 0) is 0 Å². The molecule has 2 fully saturated rings. The van der Waals surface area contributed by atoms with E-state index >= 15 is 0 Å². The summed E-state index contributed by atoms with van der Waals surface area (Å²) in [6.07, 6.45) is 3.33. The third-order valence-electron chi connectivity index (χ3n) is 6.21. The van der Waals surface area contributed by atoms with Crippen molar-refractivity contribution in [2.75, 3.05) is 36.8 Å². The monoisotopic (exact) mass is 428 g/mol. The lowest BCUT2D eigenvalue weighted by molar-refractivity contribution is 0.0607. The number of para-hydroxylation sites is 1. The van der Waals surface area contributed by atoms with Crippen LogP contribution in [0.3, 0.4) is 0 Å². The molecule has 2 saturated heterocycles. The molecule has 1 spiro atoms. The standard InChI is InChI=1S/C23H28N4O2.ClH/c1-17-7-8-18(15-20(17)26-22(29)25-19-5-3-2-4-6-19)21(28)27-13-10-23(11-14-27)9-12-24-16-23;/h2-8,15,24H,9-14,16H2,1H3,(H2,25,26,29);1H. The van der Waals surface area contributed by atoms with E-state index in [0.29, 0.717) is 16.7 Å². The predicted molar refractivity (Wildman–Crippen MR) is 123 cm³/mol. The van der Waals surface area contributed by atoms with Crippen LogP contribution in [0.1, 0.15) is 35.2 Å². The molecule has 3 amide bonds. The predicted octanol–water partition coefficient (Wildman–Crippen LogP) is 4.28. The number of nitrogens with zero attached hydrogens (tertiary/aromatic N) is 1. The third-order valence-corrected chi connectivity index (χ3v) is 6.21. The summed E-state index contributed by atoms with van der Waals surface area (Å²) in [6, 6.07) is 14.5. The van der Waals surface area contributed by atoms with Gasteiger partial charge >= 0.3 is 6.03 Å². The number of halogens is 1. The number of piperidine rings is 1. The summed E-state index contributed by atoms with van der Waals surface area (Å²) in [5, 5.41) is 9.13. The van der Waals surface area contributed by atoms with Crippen molar-refractivity contribution >= 4 is 35.7 Å². The Morgan fingerprint density at radius 2 is 1.73 bits per heavy atom. The highest BCUT2D eigenvalue weighted by atomic mass is 35.5. The van der Waals surface area contributed by atoms with E-state index in [-0.39, 0.29) is 24.3 Å². The van der Waals surface area contributed by atoms with Gasteiger partial charge in [0.25, 0.3) is 5.91 Å². The van der Waals surface area contributed by atoms with Crippen molar-refractivity contribution in [1.29, 1.82) is 0 Å². The Balaban J connectivity index is 0.00000256. The normalized spacial score (nSPS) is 17.3. The highest BCUT2D eigenvalue weighted by Gasteiger charge is 2.38. The van der Waals surface area contributed by atoms with Gasteiger partial charge in [0.15, 0.2) is 0 Å². The maximum Gasteiger partial charge on any atom is 0.323 e. The van der Waals surface area contributed by atoms with Crippen molar-refractivity contribution in [1.82, 2.24) is 10.2 Å². The van der Waals surface area contributed by atoms with Crippen LogP contribution in [0.15, 0.2) is 48.5 Å². The Hall–Kier alpha value is -2.57. The topological polar surface area (TPSA) is 73.5 Å². The van der Waals surface area contributed by atoms with Gasteiger partial charge in [0.1, 0.15) is 0 Å². The molecule has 0 atom stereocenters. The number of benzene rings is 2. The molecule has 160 valence electrons. The fraction of sp³-hybridized carbons (Fsp3) is 0.391. The van der Waals surface area contributed by atoms with Gasteiger partial charge in [-0.3, -0.25) is 4.79 Å². The fourth-order valence-corrected chi connectivity index (χ4v) is 4.28. The number of aryl methyl sites for hydroxylation is 1. The lowest BCUT2D eigenvalue weighted by atomic mass is 9.78. The number of urea groups is 1. The summed E-state index contributed by atoms with van der Waals surface area (Å²) in [5.41, 5.74) is 3.29. The maximum absolute atomic E-state index is 13.0. The number of rotatable bonds is 3. The van der Waals surface area contributed by atoms with Crippen molar-refractivity contribution in [2.45, 2.75) is 26.2 Å². The van der Waals surface area contributed by atoms with E-state index in [2.05, 4.69) is 16.0 Å². The SMILES string of the molecule is Cc1ccc(C(=O)N2CCC3(CCNC3)CC2)cc1NC(=O)Nc1ccccc1.Cl. The molecule has 0 aromatic heterocycles. The van der Waals surface area contributed by atoms with Gasteiger partial charge in [0.2, 0.25) is 0 Å². The quantitative estimate of drug-likeness (QED) is 0.683. The molecule has 2 aliphatic heterocycles. The minimum atomic E-state index is -0.322. The van der Waals surface area contributed by atoms with Crippen LogP contribution in [0, 0.1) is 12.3 Å². The minimum Gasteiger partial charge on any atom is -0.339 e. The Morgan fingerprint density at radius 3 is 2.40 bits per heavy atom. The van der Waals surface area contributed by atoms with E-state index in [1.54, 1.807) is 6.07 Å². The number of anilines is 2. The Kier molecular flexibility index (Phi) is 7.00. The molecule has 2 heterocycles. The maximum atomic E-state index is 13.0. The molecule has 0 unspecified atom stereocenters. The van der Waals surface area contributed by atoms with Crippen molar-refractivity contribution in [3.05, 3.63) is 59.7 Å². The summed E-state index contributed by atoms with van der Waals surface area (Å²) in [6.45, 7) is 5.68. The van der Waals surface area contributed by atoms with E-state index in [1.807, 2.05) is 54.3 Å². The van der Waals surface area contributed by atoms with Gasteiger partial charge in [0, 0.05) is 36.6 Å². The summed E-state index contributed by atoms with van der Waals surface area (Å²) >= 11 is 0. The van der Waals surface area contributed by atoms with Gasteiger partial charge in [-0.2, -0.15) is 0 Å². The average molecular weight is 429 g/mol. The first-order valence-electron chi connectivity index (χ1n) is 10.3. The zero-order chi connectivity index (χ0) is 20.3. The molecule has 0 radical (unpaired) electrons. The van der Waals surface area contributed by atoms with Gasteiger partial charge in [-0.25, -0.2) is 4.79 Å². The number of carbonyl (C=O) groups is 2. The fourth-order valence-electron chi connectivity index (χ4n) is 4.28. The van der Waals surface area contributed by atoms with Crippen LogP contribution in [0.25, 0.3) is 0 Å². The largest absolute Gasteiger partial charge is 0.339 e.